The van der Waals surface area contributed by atoms with E-state index in [2.05, 4.69) is 15.5 Å². The van der Waals surface area contributed by atoms with Gasteiger partial charge >= 0.3 is 0 Å². The molecular formula is C12H13N3O2. The van der Waals surface area contributed by atoms with Gasteiger partial charge in [0.1, 0.15) is 17.3 Å². The maximum atomic E-state index is 11.6. The van der Waals surface area contributed by atoms with Crippen LogP contribution in [0.1, 0.15) is 36.3 Å². The van der Waals surface area contributed by atoms with E-state index in [0.717, 1.165) is 23.5 Å². The molecule has 2 aromatic rings. The second-order valence-electron chi connectivity index (χ2n) is 4.16. The van der Waals surface area contributed by atoms with Crippen LogP contribution in [0.15, 0.2) is 22.7 Å². The number of hydrogen-bond donors (Lipinski definition) is 2. The van der Waals surface area contributed by atoms with Crippen molar-refractivity contribution in [2.45, 2.75) is 25.7 Å². The summed E-state index contributed by atoms with van der Waals surface area (Å²) in [6, 6.07) is 3.90. The Labute approximate surface area is 98.2 Å². The van der Waals surface area contributed by atoms with Gasteiger partial charge in [0.2, 0.25) is 5.91 Å². The van der Waals surface area contributed by atoms with Gasteiger partial charge in [0, 0.05) is 18.4 Å². The Bertz CT molecular complexity index is 556. The Morgan fingerprint density at radius 2 is 2.41 bits per heavy atom. The fourth-order valence-corrected chi connectivity index (χ4v) is 2.17. The molecule has 0 spiro atoms. The Morgan fingerprint density at radius 1 is 1.53 bits per heavy atom. The first-order chi connectivity index (χ1) is 8.28. The van der Waals surface area contributed by atoms with Crippen LogP contribution < -0.4 is 5.32 Å². The summed E-state index contributed by atoms with van der Waals surface area (Å²) in [6.07, 6.45) is 3.01. The summed E-state index contributed by atoms with van der Waals surface area (Å²) in [7, 11) is 0. The number of amides is 1. The number of rotatable bonds is 2. The average molecular weight is 231 g/mol. The van der Waals surface area contributed by atoms with Crippen LogP contribution in [0.3, 0.4) is 0 Å². The third kappa shape index (κ3) is 1.63. The molecule has 2 aromatic heterocycles. The summed E-state index contributed by atoms with van der Waals surface area (Å²) in [6.45, 7) is 2.04. The highest BCUT2D eigenvalue weighted by Crippen LogP contribution is 2.36. The molecule has 5 heteroatoms. The maximum absolute atomic E-state index is 11.6. The molecule has 0 saturated heterocycles. The Kier molecular flexibility index (Phi) is 2.24. The first-order valence-corrected chi connectivity index (χ1v) is 5.69. The molecule has 5 nitrogen and oxygen atoms in total. The fourth-order valence-electron chi connectivity index (χ4n) is 2.17. The van der Waals surface area contributed by atoms with Gasteiger partial charge in [-0.25, -0.2) is 0 Å². The highest BCUT2D eigenvalue weighted by Gasteiger charge is 2.30. The monoisotopic (exact) mass is 231 g/mol. The highest BCUT2D eigenvalue weighted by molar-refractivity contribution is 5.93. The van der Waals surface area contributed by atoms with Gasteiger partial charge in [-0.2, -0.15) is 5.10 Å². The molecule has 3 rings (SSSR count). The smallest absolute Gasteiger partial charge is 0.226 e. The molecule has 1 amide bonds. The second kappa shape index (κ2) is 3.76. The van der Waals surface area contributed by atoms with Crippen LogP contribution in [0, 0.1) is 0 Å². The zero-order valence-electron chi connectivity index (χ0n) is 9.49. The number of furan rings is 1. The number of hydrogen-bond acceptors (Lipinski definition) is 3. The summed E-state index contributed by atoms with van der Waals surface area (Å²) >= 11 is 0. The van der Waals surface area contributed by atoms with Gasteiger partial charge in [-0.3, -0.25) is 9.89 Å². The molecule has 1 aliphatic heterocycles. The molecule has 88 valence electrons. The van der Waals surface area contributed by atoms with Gasteiger partial charge in [0.15, 0.2) is 0 Å². The molecule has 0 fully saturated rings. The van der Waals surface area contributed by atoms with Crippen LogP contribution in [0.4, 0.5) is 5.82 Å². The molecule has 17 heavy (non-hydrogen) atoms. The number of nitrogens with one attached hydrogen (secondary N) is 2. The Hall–Kier alpha value is -2.04. The lowest BCUT2D eigenvalue weighted by atomic mass is 9.92. The predicted octanol–water partition coefficient (Wildman–Crippen LogP) is 2.04. The highest BCUT2D eigenvalue weighted by atomic mass is 16.3. The van der Waals surface area contributed by atoms with E-state index in [0.29, 0.717) is 12.2 Å². The number of carbonyl (C=O) groups excluding carboxylic acids is 1. The van der Waals surface area contributed by atoms with Gasteiger partial charge in [0.25, 0.3) is 0 Å². The van der Waals surface area contributed by atoms with Crippen LogP contribution in [-0.4, -0.2) is 16.1 Å². The lowest BCUT2D eigenvalue weighted by Crippen LogP contribution is -2.22. The summed E-state index contributed by atoms with van der Waals surface area (Å²) in [5.74, 6) is 2.41. The largest absolute Gasteiger partial charge is 0.465 e. The van der Waals surface area contributed by atoms with Crippen LogP contribution >= 0.6 is 0 Å². The topological polar surface area (TPSA) is 70.9 Å². The van der Waals surface area contributed by atoms with Gasteiger partial charge in [-0.05, 0) is 12.1 Å². The number of aryl methyl sites for hydroxylation is 1. The van der Waals surface area contributed by atoms with Crippen molar-refractivity contribution in [1.82, 2.24) is 10.2 Å². The van der Waals surface area contributed by atoms with Crippen LogP contribution in [-0.2, 0) is 11.2 Å². The van der Waals surface area contributed by atoms with Crippen molar-refractivity contribution >= 4 is 11.7 Å². The van der Waals surface area contributed by atoms with E-state index < -0.39 is 0 Å². The molecule has 2 N–H and O–H groups in total. The normalized spacial score (nSPS) is 18.9. The minimum Gasteiger partial charge on any atom is -0.465 e. The first kappa shape index (κ1) is 10.1. The van der Waals surface area contributed by atoms with Crippen molar-refractivity contribution in [3.05, 3.63) is 35.4 Å². The zero-order chi connectivity index (χ0) is 11.8. The number of carbonyl (C=O) groups is 1. The van der Waals surface area contributed by atoms with Gasteiger partial charge in [-0.15, -0.1) is 0 Å². The third-order valence-electron chi connectivity index (χ3n) is 3.07. The number of fused-ring (bicyclic) bond motifs is 1. The number of H-pyrrole nitrogens is 1. The van der Waals surface area contributed by atoms with E-state index >= 15 is 0 Å². The minimum atomic E-state index is -0.0298. The summed E-state index contributed by atoms with van der Waals surface area (Å²) in [5.41, 5.74) is 0.988. The lowest BCUT2D eigenvalue weighted by Gasteiger charge is -2.19. The van der Waals surface area contributed by atoms with Crippen molar-refractivity contribution in [3.63, 3.8) is 0 Å². The molecule has 0 saturated carbocycles. The van der Waals surface area contributed by atoms with Crippen molar-refractivity contribution in [2.24, 2.45) is 0 Å². The molecule has 0 aromatic carbocycles. The second-order valence-corrected chi connectivity index (χ2v) is 4.16. The van der Waals surface area contributed by atoms with Crippen molar-refractivity contribution in [2.75, 3.05) is 5.32 Å². The van der Waals surface area contributed by atoms with E-state index in [-0.39, 0.29) is 11.8 Å². The molecular weight excluding hydrogens is 218 g/mol. The quantitative estimate of drug-likeness (QED) is 0.830. The SMILES string of the molecule is CCc1ccc([C@@H]2CC(=O)Nc3[nH]ncc32)o1. The summed E-state index contributed by atoms with van der Waals surface area (Å²) in [4.78, 5) is 11.6. The van der Waals surface area contributed by atoms with Gasteiger partial charge in [-0.1, -0.05) is 6.92 Å². The van der Waals surface area contributed by atoms with Gasteiger partial charge in [0.05, 0.1) is 12.1 Å². The molecule has 0 bridgehead atoms. The minimum absolute atomic E-state index is 0.0128. The standard InChI is InChI=1S/C12H13N3O2/c1-2-7-3-4-10(17-7)8-5-11(16)14-12-9(8)6-13-15-12/h3-4,6,8H,2,5H2,1H3,(H2,13,14,15,16)/t8-/m1/s1. The first-order valence-electron chi connectivity index (χ1n) is 5.69. The van der Waals surface area contributed by atoms with E-state index in [1.54, 1.807) is 6.20 Å². The van der Waals surface area contributed by atoms with Crippen LogP contribution in [0.5, 0.6) is 0 Å². The van der Waals surface area contributed by atoms with Crippen LogP contribution in [0.25, 0.3) is 0 Å². The third-order valence-corrected chi connectivity index (χ3v) is 3.07. The fraction of sp³-hybridized carbons (Fsp3) is 0.333. The number of anilines is 1. The molecule has 0 unspecified atom stereocenters. The molecule has 0 aliphatic carbocycles. The number of nitrogens with zero attached hydrogens (tertiary/aromatic N) is 1. The van der Waals surface area contributed by atoms with E-state index in [1.165, 1.54) is 0 Å². The van der Waals surface area contributed by atoms with E-state index in [9.17, 15) is 4.79 Å². The lowest BCUT2D eigenvalue weighted by molar-refractivity contribution is -0.116. The number of aromatic nitrogens is 2. The van der Waals surface area contributed by atoms with Crippen molar-refractivity contribution in [1.29, 1.82) is 0 Å². The predicted molar refractivity (Wildman–Crippen MR) is 61.8 cm³/mol. The molecule has 1 aliphatic rings. The number of aromatic amines is 1. The van der Waals surface area contributed by atoms with Crippen molar-refractivity contribution < 1.29 is 9.21 Å². The molecule has 3 heterocycles. The summed E-state index contributed by atoms with van der Waals surface area (Å²) < 4.78 is 5.73. The van der Waals surface area contributed by atoms with Gasteiger partial charge < -0.3 is 9.73 Å². The van der Waals surface area contributed by atoms with Crippen LogP contribution in [0.2, 0.25) is 0 Å². The Morgan fingerprint density at radius 3 is 3.18 bits per heavy atom. The Balaban J connectivity index is 2.01. The van der Waals surface area contributed by atoms with Crippen molar-refractivity contribution in [3.8, 4) is 0 Å². The summed E-state index contributed by atoms with van der Waals surface area (Å²) in [5, 5.41) is 9.51. The van der Waals surface area contributed by atoms with E-state index in [4.69, 9.17) is 4.42 Å². The maximum Gasteiger partial charge on any atom is 0.226 e. The zero-order valence-corrected chi connectivity index (χ0v) is 9.49. The average Bonchev–Trinajstić information content (AvgIpc) is 2.95. The van der Waals surface area contributed by atoms with E-state index in [1.807, 2.05) is 19.1 Å². The molecule has 1 atom stereocenters. The molecule has 0 radical (unpaired) electrons.